The Morgan fingerprint density at radius 2 is 1.84 bits per heavy atom. The highest BCUT2D eigenvalue weighted by Crippen LogP contribution is 2.31. The molecule has 0 spiro atoms. The maximum Gasteiger partial charge on any atom is 0.489 e. The highest BCUT2D eigenvalue weighted by Gasteiger charge is 2.18. The topological polar surface area (TPSA) is 119 Å². The highest BCUT2D eigenvalue weighted by atomic mass is 16.4. The van der Waals surface area contributed by atoms with Gasteiger partial charge in [0.05, 0.1) is 5.56 Å². The molecule has 3 heterocycles. The molecule has 9 heteroatoms. The number of hydrogen-bond acceptors (Lipinski definition) is 6. The summed E-state index contributed by atoms with van der Waals surface area (Å²) in [6.07, 6.45) is 7.27. The number of hydrogen-bond donors (Lipinski definition) is 3. The van der Waals surface area contributed by atoms with E-state index < -0.39 is 7.12 Å². The van der Waals surface area contributed by atoms with Crippen LogP contribution in [0.15, 0.2) is 55.1 Å². The zero-order valence-electron chi connectivity index (χ0n) is 16.9. The fourth-order valence-corrected chi connectivity index (χ4v) is 3.45. The van der Waals surface area contributed by atoms with Crippen LogP contribution in [-0.2, 0) is 0 Å². The lowest BCUT2D eigenvalue weighted by molar-refractivity contribution is 0.0827. The Morgan fingerprint density at radius 3 is 2.55 bits per heavy atom. The van der Waals surface area contributed by atoms with E-state index in [1.165, 1.54) is 17.2 Å². The summed E-state index contributed by atoms with van der Waals surface area (Å²) in [5.74, 6) is -0.140. The van der Waals surface area contributed by atoms with Gasteiger partial charge in [-0.25, -0.2) is 4.98 Å². The monoisotopic (exact) mass is 414 g/mol. The molecule has 0 aliphatic heterocycles. The number of carbonyl (C=O) groups is 2. The molecule has 154 valence electrons. The Kier molecular flexibility index (Phi) is 5.37. The van der Waals surface area contributed by atoms with Crippen molar-refractivity contribution in [2.24, 2.45) is 0 Å². The number of aromatic amines is 1. The van der Waals surface area contributed by atoms with Gasteiger partial charge in [0.25, 0.3) is 5.91 Å². The second kappa shape index (κ2) is 8.13. The van der Waals surface area contributed by atoms with Crippen LogP contribution >= 0.6 is 0 Å². The molecule has 0 aliphatic carbocycles. The van der Waals surface area contributed by atoms with Crippen molar-refractivity contribution in [3.63, 3.8) is 0 Å². The van der Waals surface area contributed by atoms with E-state index in [9.17, 15) is 19.6 Å². The van der Waals surface area contributed by atoms with Gasteiger partial charge in [0, 0.05) is 66.5 Å². The molecule has 4 aromatic rings. The predicted molar refractivity (Wildman–Crippen MR) is 118 cm³/mol. The van der Waals surface area contributed by atoms with E-state index in [0.29, 0.717) is 17.5 Å². The van der Waals surface area contributed by atoms with Gasteiger partial charge in [0.2, 0.25) is 0 Å². The van der Waals surface area contributed by atoms with Crippen molar-refractivity contribution in [2.45, 2.75) is 0 Å². The van der Waals surface area contributed by atoms with Crippen molar-refractivity contribution in [1.29, 1.82) is 0 Å². The minimum atomic E-state index is -1.73. The molecule has 0 bridgehead atoms. The Balaban J connectivity index is 1.80. The number of nitrogens with zero attached hydrogens (tertiary/aromatic N) is 3. The van der Waals surface area contributed by atoms with Gasteiger partial charge in [-0.05, 0) is 29.2 Å². The number of carbonyl (C=O) groups excluding carboxylic acids is 2. The molecule has 0 atom stereocenters. The molecule has 0 aliphatic rings. The number of aldehydes is 1. The summed E-state index contributed by atoms with van der Waals surface area (Å²) >= 11 is 0. The first-order valence-corrected chi connectivity index (χ1v) is 9.49. The molecular weight excluding hydrogens is 395 g/mol. The quantitative estimate of drug-likeness (QED) is 0.336. The molecule has 1 amide bonds. The summed E-state index contributed by atoms with van der Waals surface area (Å²) in [5.41, 5.74) is 4.55. The maximum absolute atomic E-state index is 12.3. The largest absolute Gasteiger partial charge is 0.489 e. The average Bonchev–Trinajstić information content (AvgIpc) is 3.21. The van der Waals surface area contributed by atoms with Crippen LogP contribution in [0.5, 0.6) is 0 Å². The van der Waals surface area contributed by atoms with Crippen LogP contribution < -0.4 is 5.46 Å². The van der Waals surface area contributed by atoms with Crippen LogP contribution in [0.1, 0.15) is 20.7 Å². The zero-order chi connectivity index (χ0) is 22.1. The van der Waals surface area contributed by atoms with Crippen LogP contribution in [0.4, 0.5) is 0 Å². The number of rotatable bonds is 5. The smallest absolute Gasteiger partial charge is 0.423 e. The minimum Gasteiger partial charge on any atom is -0.423 e. The summed E-state index contributed by atoms with van der Waals surface area (Å²) in [4.78, 5) is 37.0. The molecule has 8 nitrogen and oxygen atoms in total. The lowest BCUT2D eigenvalue weighted by Gasteiger charge is -2.11. The van der Waals surface area contributed by atoms with E-state index in [1.807, 2.05) is 6.07 Å². The first-order valence-electron chi connectivity index (χ1n) is 9.49. The second-order valence-corrected chi connectivity index (χ2v) is 7.32. The zero-order valence-corrected chi connectivity index (χ0v) is 16.9. The second-order valence-electron chi connectivity index (χ2n) is 7.32. The Labute approximate surface area is 178 Å². The van der Waals surface area contributed by atoms with Gasteiger partial charge >= 0.3 is 7.12 Å². The van der Waals surface area contributed by atoms with E-state index in [2.05, 4.69) is 15.0 Å². The molecular formula is C22H19BN4O4. The molecule has 1 aromatic carbocycles. The number of H-pyrrole nitrogens is 1. The van der Waals surface area contributed by atoms with Gasteiger partial charge in [-0.1, -0.05) is 12.1 Å². The third-order valence-electron chi connectivity index (χ3n) is 5.06. The summed E-state index contributed by atoms with van der Waals surface area (Å²) in [6.45, 7) is 0. The van der Waals surface area contributed by atoms with Gasteiger partial charge in [-0.15, -0.1) is 0 Å². The van der Waals surface area contributed by atoms with Gasteiger partial charge in [0.15, 0.2) is 0 Å². The normalized spacial score (nSPS) is 10.8. The first-order chi connectivity index (χ1) is 14.9. The van der Waals surface area contributed by atoms with E-state index in [0.717, 1.165) is 27.6 Å². The van der Waals surface area contributed by atoms with Crippen LogP contribution in [0, 0.1) is 0 Å². The fourth-order valence-electron chi connectivity index (χ4n) is 3.45. The SMILES string of the molecule is CN(C)C(=O)c1cncc(-c2cnc3[nH]cc(-c4ccc(B(O)O)c(C=O)c4)c3c2)c1. The van der Waals surface area contributed by atoms with Crippen molar-refractivity contribution >= 4 is 35.8 Å². The highest BCUT2D eigenvalue weighted by molar-refractivity contribution is 6.60. The van der Waals surface area contributed by atoms with Gasteiger partial charge < -0.3 is 19.9 Å². The van der Waals surface area contributed by atoms with E-state index in [-0.39, 0.29) is 16.9 Å². The molecule has 0 unspecified atom stereocenters. The Bertz CT molecular complexity index is 1300. The molecule has 0 saturated carbocycles. The number of fused-ring (bicyclic) bond motifs is 1. The summed E-state index contributed by atoms with van der Waals surface area (Å²) in [5, 5.41) is 19.7. The number of amides is 1. The Hall–Kier alpha value is -3.82. The van der Waals surface area contributed by atoms with Crippen LogP contribution in [0.2, 0.25) is 0 Å². The lowest BCUT2D eigenvalue weighted by atomic mass is 9.76. The maximum atomic E-state index is 12.3. The molecule has 4 rings (SSSR count). The molecule has 3 N–H and O–H groups in total. The number of benzene rings is 1. The molecule has 0 fully saturated rings. The minimum absolute atomic E-state index is 0.140. The van der Waals surface area contributed by atoms with Crippen LogP contribution in [-0.4, -0.2) is 63.3 Å². The van der Waals surface area contributed by atoms with E-state index in [4.69, 9.17) is 0 Å². The summed E-state index contributed by atoms with van der Waals surface area (Å²) < 4.78 is 0. The summed E-state index contributed by atoms with van der Waals surface area (Å²) in [6, 6.07) is 8.54. The number of aromatic nitrogens is 3. The lowest BCUT2D eigenvalue weighted by Crippen LogP contribution is -2.32. The molecule has 3 aromatic heterocycles. The number of nitrogens with one attached hydrogen (secondary N) is 1. The number of pyridine rings is 2. The van der Waals surface area contributed by atoms with E-state index >= 15 is 0 Å². The van der Waals surface area contributed by atoms with Crippen LogP contribution in [0.3, 0.4) is 0 Å². The molecule has 31 heavy (non-hydrogen) atoms. The standard InChI is InChI=1S/C22H19BN4O4/c1-27(2)22(29)16-6-14(8-24-9-16)15-7-18-19(11-26-21(18)25-10-15)13-3-4-20(23(30)31)17(5-13)12-28/h3-12,30-31H,1-2H3,(H,25,26). The molecule has 0 radical (unpaired) electrons. The van der Waals surface area contributed by atoms with Crippen molar-refractivity contribution in [3.05, 3.63) is 66.2 Å². The average molecular weight is 414 g/mol. The van der Waals surface area contributed by atoms with Crippen molar-refractivity contribution < 1.29 is 19.6 Å². The Morgan fingerprint density at radius 1 is 1.06 bits per heavy atom. The van der Waals surface area contributed by atoms with Gasteiger partial charge in [-0.3, -0.25) is 14.6 Å². The van der Waals surface area contributed by atoms with Gasteiger partial charge in [-0.2, -0.15) is 0 Å². The molecule has 0 saturated heterocycles. The first kappa shape index (κ1) is 20.5. The van der Waals surface area contributed by atoms with Crippen molar-refractivity contribution in [2.75, 3.05) is 14.1 Å². The predicted octanol–water partition coefficient (Wildman–Crippen LogP) is 1.49. The van der Waals surface area contributed by atoms with Crippen LogP contribution in [0.25, 0.3) is 33.3 Å². The van der Waals surface area contributed by atoms with Gasteiger partial charge in [0.1, 0.15) is 11.9 Å². The van der Waals surface area contributed by atoms with Crippen molar-refractivity contribution in [1.82, 2.24) is 19.9 Å². The third-order valence-corrected chi connectivity index (χ3v) is 5.06. The third kappa shape index (κ3) is 3.84. The van der Waals surface area contributed by atoms with E-state index in [1.54, 1.807) is 50.9 Å². The summed E-state index contributed by atoms with van der Waals surface area (Å²) in [7, 11) is 1.64. The van der Waals surface area contributed by atoms with Crippen molar-refractivity contribution in [3.8, 4) is 22.3 Å². The fraction of sp³-hybridized carbons (Fsp3) is 0.0909.